The number of rotatable bonds is 9. The molecule has 0 unspecified atom stereocenters. The highest BCUT2D eigenvalue weighted by Crippen LogP contribution is 1.98. The van der Waals surface area contributed by atoms with Crippen molar-refractivity contribution in [1.82, 2.24) is 5.32 Å². The standard InChI is InChI=1S/C11H23NO3/c1-10(2)4-6-14-8-9-15-7-5-12-11(3)13/h10H,4-9H2,1-3H3,(H,12,13). The van der Waals surface area contributed by atoms with Gasteiger partial charge in [0.2, 0.25) is 5.91 Å². The number of amides is 1. The maximum Gasteiger partial charge on any atom is 0.216 e. The lowest BCUT2D eigenvalue weighted by Gasteiger charge is -2.07. The Bertz CT molecular complexity index is 160. The van der Waals surface area contributed by atoms with E-state index in [0.29, 0.717) is 32.3 Å². The normalized spacial score (nSPS) is 10.7. The molecule has 0 aliphatic carbocycles. The van der Waals surface area contributed by atoms with Crippen LogP contribution in [0.15, 0.2) is 0 Å². The minimum absolute atomic E-state index is 0.0215. The molecule has 0 saturated carbocycles. The number of carbonyl (C=O) groups is 1. The Balaban J connectivity index is 2.96. The Morgan fingerprint density at radius 3 is 2.27 bits per heavy atom. The van der Waals surface area contributed by atoms with E-state index in [1.54, 1.807) is 0 Å². The van der Waals surface area contributed by atoms with Crippen molar-refractivity contribution in [2.75, 3.05) is 33.0 Å². The van der Waals surface area contributed by atoms with Crippen LogP contribution in [0.4, 0.5) is 0 Å². The van der Waals surface area contributed by atoms with Crippen molar-refractivity contribution < 1.29 is 14.3 Å². The predicted octanol–water partition coefficient (Wildman–Crippen LogP) is 1.20. The summed E-state index contributed by atoms with van der Waals surface area (Å²) in [5.41, 5.74) is 0. The second kappa shape index (κ2) is 9.93. The molecule has 0 heterocycles. The third-order valence-electron chi connectivity index (χ3n) is 1.83. The van der Waals surface area contributed by atoms with Gasteiger partial charge in [0.15, 0.2) is 0 Å². The molecule has 15 heavy (non-hydrogen) atoms. The third kappa shape index (κ3) is 13.4. The van der Waals surface area contributed by atoms with Crippen LogP contribution < -0.4 is 5.32 Å². The molecule has 0 aromatic rings. The van der Waals surface area contributed by atoms with Gasteiger partial charge in [-0.15, -0.1) is 0 Å². The molecule has 0 aromatic heterocycles. The molecular weight excluding hydrogens is 194 g/mol. The number of hydrogen-bond acceptors (Lipinski definition) is 3. The molecule has 0 radical (unpaired) electrons. The molecule has 0 spiro atoms. The number of hydrogen-bond donors (Lipinski definition) is 1. The lowest BCUT2D eigenvalue weighted by molar-refractivity contribution is -0.119. The lowest BCUT2D eigenvalue weighted by Crippen LogP contribution is -2.24. The summed E-state index contributed by atoms with van der Waals surface area (Å²) in [5, 5.41) is 2.66. The van der Waals surface area contributed by atoms with Crippen molar-refractivity contribution in [2.24, 2.45) is 5.92 Å². The van der Waals surface area contributed by atoms with Crippen LogP contribution in [0.25, 0.3) is 0 Å². The Morgan fingerprint density at radius 1 is 1.13 bits per heavy atom. The molecule has 0 aromatic carbocycles. The molecule has 0 saturated heterocycles. The summed E-state index contributed by atoms with van der Waals surface area (Å²) in [7, 11) is 0. The molecule has 90 valence electrons. The van der Waals surface area contributed by atoms with Crippen LogP contribution >= 0.6 is 0 Å². The molecule has 1 amide bonds. The number of carbonyl (C=O) groups excluding carboxylic acids is 1. The fraction of sp³-hybridized carbons (Fsp3) is 0.909. The van der Waals surface area contributed by atoms with Gasteiger partial charge in [0, 0.05) is 20.1 Å². The average molecular weight is 217 g/mol. The summed E-state index contributed by atoms with van der Waals surface area (Å²) in [5.74, 6) is 0.664. The smallest absolute Gasteiger partial charge is 0.216 e. The highest BCUT2D eigenvalue weighted by molar-refractivity contribution is 5.72. The van der Waals surface area contributed by atoms with Gasteiger partial charge in [0.25, 0.3) is 0 Å². The first-order valence-electron chi connectivity index (χ1n) is 5.53. The second-order valence-corrected chi connectivity index (χ2v) is 3.89. The quantitative estimate of drug-likeness (QED) is 0.590. The predicted molar refractivity (Wildman–Crippen MR) is 59.8 cm³/mol. The third-order valence-corrected chi connectivity index (χ3v) is 1.83. The number of ether oxygens (including phenoxy) is 2. The van der Waals surface area contributed by atoms with Crippen LogP contribution in [0.3, 0.4) is 0 Å². The molecule has 4 nitrogen and oxygen atoms in total. The summed E-state index contributed by atoms with van der Waals surface area (Å²) >= 11 is 0. The van der Waals surface area contributed by atoms with Crippen LogP contribution in [0.5, 0.6) is 0 Å². The van der Waals surface area contributed by atoms with Gasteiger partial charge in [-0.1, -0.05) is 13.8 Å². The molecule has 0 rings (SSSR count). The van der Waals surface area contributed by atoms with Gasteiger partial charge >= 0.3 is 0 Å². The van der Waals surface area contributed by atoms with Crippen molar-refractivity contribution in [3.8, 4) is 0 Å². The van der Waals surface area contributed by atoms with E-state index >= 15 is 0 Å². The van der Waals surface area contributed by atoms with Crippen LogP contribution in [0.2, 0.25) is 0 Å². The summed E-state index contributed by atoms with van der Waals surface area (Å²) in [6.45, 7) is 8.99. The monoisotopic (exact) mass is 217 g/mol. The first kappa shape index (κ1) is 14.4. The molecule has 0 atom stereocenters. The first-order chi connectivity index (χ1) is 7.13. The first-order valence-corrected chi connectivity index (χ1v) is 5.53. The van der Waals surface area contributed by atoms with Crippen molar-refractivity contribution in [3.63, 3.8) is 0 Å². The minimum atomic E-state index is -0.0215. The molecule has 0 fully saturated rings. The maximum atomic E-state index is 10.5. The summed E-state index contributed by atoms with van der Waals surface area (Å²) in [6.07, 6.45) is 1.09. The van der Waals surface area contributed by atoms with E-state index in [1.807, 2.05) is 0 Å². The molecule has 0 bridgehead atoms. The fourth-order valence-electron chi connectivity index (χ4n) is 0.940. The van der Waals surface area contributed by atoms with Crippen LogP contribution in [-0.4, -0.2) is 38.9 Å². The van der Waals surface area contributed by atoms with E-state index in [0.717, 1.165) is 13.0 Å². The van der Waals surface area contributed by atoms with Gasteiger partial charge in [-0.2, -0.15) is 0 Å². The molecule has 1 N–H and O–H groups in total. The van der Waals surface area contributed by atoms with Crippen molar-refractivity contribution in [2.45, 2.75) is 27.2 Å². The number of nitrogens with one attached hydrogen (secondary N) is 1. The van der Waals surface area contributed by atoms with Gasteiger partial charge in [-0.25, -0.2) is 0 Å². The topological polar surface area (TPSA) is 47.6 Å². The fourth-order valence-corrected chi connectivity index (χ4v) is 0.940. The summed E-state index contributed by atoms with van der Waals surface area (Å²) in [6, 6.07) is 0. The summed E-state index contributed by atoms with van der Waals surface area (Å²) in [4.78, 5) is 10.5. The maximum absolute atomic E-state index is 10.5. The van der Waals surface area contributed by atoms with Gasteiger partial charge < -0.3 is 14.8 Å². The zero-order valence-corrected chi connectivity index (χ0v) is 10.0. The molecule has 0 aliphatic rings. The van der Waals surface area contributed by atoms with Gasteiger partial charge in [-0.3, -0.25) is 4.79 Å². The van der Waals surface area contributed by atoms with Crippen LogP contribution in [0.1, 0.15) is 27.2 Å². The SMILES string of the molecule is CC(=O)NCCOCCOCCC(C)C. The van der Waals surface area contributed by atoms with E-state index in [4.69, 9.17) is 9.47 Å². The molecule has 0 aliphatic heterocycles. The van der Waals surface area contributed by atoms with E-state index < -0.39 is 0 Å². The summed E-state index contributed by atoms with van der Waals surface area (Å²) < 4.78 is 10.6. The average Bonchev–Trinajstić information content (AvgIpc) is 2.14. The van der Waals surface area contributed by atoms with E-state index in [9.17, 15) is 4.79 Å². The zero-order valence-electron chi connectivity index (χ0n) is 10.0. The van der Waals surface area contributed by atoms with Crippen molar-refractivity contribution >= 4 is 5.91 Å². The van der Waals surface area contributed by atoms with Gasteiger partial charge in [0.05, 0.1) is 19.8 Å². The lowest BCUT2D eigenvalue weighted by atomic mass is 10.1. The van der Waals surface area contributed by atoms with Crippen LogP contribution in [0, 0.1) is 5.92 Å². The Labute approximate surface area is 92.3 Å². The van der Waals surface area contributed by atoms with E-state index in [1.165, 1.54) is 6.92 Å². The Morgan fingerprint density at radius 2 is 1.73 bits per heavy atom. The second-order valence-electron chi connectivity index (χ2n) is 3.89. The Hall–Kier alpha value is -0.610. The van der Waals surface area contributed by atoms with Crippen molar-refractivity contribution in [1.29, 1.82) is 0 Å². The highest BCUT2D eigenvalue weighted by Gasteiger charge is 1.94. The highest BCUT2D eigenvalue weighted by atomic mass is 16.5. The Kier molecular flexibility index (Phi) is 9.52. The zero-order chi connectivity index (χ0) is 11.5. The molecule has 4 heteroatoms. The van der Waals surface area contributed by atoms with Crippen molar-refractivity contribution in [3.05, 3.63) is 0 Å². The van der Waals surface area contributed by atoms with Gasteiger partial charge in [-0.05, 0) is 12.3 Å². The minimum Gasteiger partial charge on any atom is -0.379 e. The van der Waals surface area contributed by atoms with Gasteiger partial charge in [0.1, 0.15) is 0 Å². The molecular formula is C11H23NO3. The largest absolute Gasteiger partial charge is 0.379 e. The van der Waals surface area contributed by atoms with E-state index in [2.05, 4.69) is 19.2 Å². The van der Waals surface area contributed by atoms with E-state index in [-0.39, 0.29) is 5.91 Å². The van der Waals surface area contributed by atoms with Crippen LogP contribution in [-0.2, 0) is 14.3 Å².